The van der Waals surface area contributed by atoms with Crippen molar-refractivity contribution in [3.05, 3.63) is 107 Å². The van der Waals surface area contributed by atoms with Crippen LogP contribution in [0.3, 0.4) is 0 Å². The number of carbonyl (C=O) groups excluding carboxylic acids is 3. The molecule has 5 rings (SSSR count). The van der Waals surface area contributed by atoms with E-state index in [-0.39, 0.29) is 35.4 Å². The Kier molecular flexibility index (Phi) is 8.28. The lowest BCUT2D eigenvalue weighted by Crippen LogP contribution is -2.38. The second kappa shape index (κ2) is 12.2. The molecule has 0 bridgehead atoms. The van der Waals surface area contributed by atoms with Gasteiger partial charge in [0.25, 0.3) is 5.91 Å². The van der Waals surface area contributed by atoms with Gasteiger partial charge in [0.2, 0.25) is 11.8 Å². The van der Waals surface area contributed by atoms with E-state index in [1.54, 1.807) is 13.1 Å². The molecule has 0 radical (unpaired) electrons. The molecule has 1 fully saturated rings. The lowest BCUT2D eigenvalue weighted by molar-refractivity contribution is -0.135. The highest BCUT2D eigenvalue weighted by Crippen LogP contribution is 2.35. The average molecular weight is 555 g/mol. The number of aryl methyl sites for hydroxylation is 1. The maximum absolute atomic E-state index is 13.8. The number of amides is 3. The molecule has 41 heavy (non-hydrogen) atoms. The molecule has 3 atom stereocenters. The van der Waals surface area contributed by atoms with Crippen LogP contribution in [-0.4, -0.2) is 44.3 Å². The van der Waals surface area contributed by atoms with E-state index in [1.807, 2.05) is 72.5 Å². The Hall–Kier alpha value is -4.73. The topological polar surface area (TPSA) is 147 Å². The van der Waals surface area contributed by atoms with E-state index in [2.05, 4.69) is 20.4 Å². The summed E-state index contributed by atoms with van der Waals surface area (Å²) in [6, 6.07) is 19.3. The number of nitrogens with two attached hydrogens (primary N) is 1. The van der Waals surface area contributed by atoms with E-state index < -0.39 is 23.8 Å². The Morgan fingerprint density at radius 3 is 2.54 bits per heavy atom. The molecule has 10 nitrogen and oxygen atoms in total. The molecule has 0 saturated carbocycles. The van der Waals surface area contributed by atoms with Crippen LogP contribution in [0, 0.1) is 6.92 Å². The number of nitrogens with one attached hydrogen (secondary N) is 2. The monoisotopic (exact) mass is 554 g/mol. The molecule has 4 aromatic rings. The Balaban J connectivity index is 1.36. The molecule has 10 heteroatoms. The number of nitrogens with zero attached hydrogens (tertiary/aromatic N) is 3. The second-order valence-corrected chi connectivity index (χ2v) is 10.5. The molecule has 3 amide bonds. The number of primary amides is 1. The van der Waals surface area contributed by atoms with Gasteiger partial charge in [-0.1, -0.05) is 65.8 Å². The predicted molar refractivity (Wildman–Crippen MR) is 152 cm³/mol. The van der Waals surface area contributed by atoms with Crippen molar-refractivity contribution in [2.75, 3.05) is 6.54 Å². The third-order valence-electron chi connectivity index (χ3n) is 7.60. The number of carbonyl (C=O) groups is 3. The smallest absolute Gasteiger partial charge is 0.271 e. The summed E-state index contributed by atoms with van der Waals surface area (Å²) in [5.41, 5.74) is 8.75. The van der Waals surface area contributed by atoms with Crippen LogP contribution in [0.1, 0.15) is 88.6 Å². The SMILES string of the molecule is Cc1onc(C(N)=O)c1[C@H](CC(=O)N1CCC[C@@H]1c1ccccc1)C(=O)N[C@@H](C)c1ncc(Cc2ccccc2)[nH]1. The summed E-state index contributed by atoms with van der Waals surface area (Å²) in [7, 11) is 0. The van der Waals surface area contributed by atoms with Gasteiger partial charge >= 0.3 is 0 Å². The molecule has 2 aromatic heterocycles. The molecule has 1 aliphatic rings. The maximum atomic E-state index is 13.8. The first-order valence-electron chi connectivity index (χ1n) is 13.8. The highest BCUT2D eigenvalue weighted by atomic mass is 16.5. The van der Waals surface area contributed by atoms with Crippen LogP contribution < -0.4 is 11.1 Å². The molecule has 1 aliphatic heterocycles. The third kappa shape index (κ3) is 6.21. The molecule has 0 spiro atoms. The van der Waals surface area contributed by atoms with E-state index >= 15 is 0 Å². The fourth-order valence-electron chi connectivity index (χ4n) is 5.56. The van der Waals surface area contributed by atoms with Gasteiger partial charge in [-0.25, -0.2) is 4.98 Å². The van der Waals surface area contributed by atoms with Crippen LogP contribution in [0.15, 0.2) is 71.4 Å². The summed E-state index contributed by atoms with van der Waals surface area (Å²) in [6.45, 7) is 4.00. The number of H-pyrrole nitrogens is 1. The van der Waals surface area contributed by atoms with Crippen molar-refractivity contribution in [3.8, 4) is 0 Å². The van der Waals surface area contributed by atoms with Crippen LogP contribution in [0.4, 0.5) is 0 Å². The summed E-state index contributed by atoms with van der Waals surface area (Å²) < 4.78 is 5.26. The van der Waals surface area contributed by atoms with Gasteiger partial charge in [0.05, 0.1) is 18.0 Å². The minimum absolute atomic E-state index is 0.0725. The Morgan fingerprint density at radius 1 is 1.12 bits per heavy atom. The number of likely N-dealkylation sites (tertiary alicyclic amines) is 1. The minimum atomic E-state index is -1.03. The summed E-state index contributed by atoms with van der Waals surface area (Å²) in [5, 5.41) is 6.76. The van der Waals surface area contributed by atoms with E-state index in [1.165, 1.54) is 0 Å². The van der Waals surface area contributed by atoms with Crippen LogP contribution in [-0.2, 0) is 16.0 Å². The van der Waals surface area contributed by atoms with Gasteiger partial charge in [-0.3, -0.25) is 14.4 Å². The van der Waals surface area contributed by atoms with Crippen molar-refractivity contribution in [1.29, 1.82) is 0 Å². The van der Waals surface area contributed by atoms with Crippen molar-refractivity contribution in [3.63, 3.8) is 0 Å². The number of rotatable bonds is 10. The highest BCUT2D eigenvalue weighted by molar-refractivity contribution is 5.97. The lowest BCUT2D eigenvalue weighted by atomic mass is 9.91. The zero-order chi connectivity index (χ0) is 28.9. The minimum Gasteiger partial charge on any atom is -0.364 e. The van der Waals surface area contributed by atoms with E-state index in [4.69, 9.17) is 10.3 Å². The van der Waals surface area contributed by atoms with Crippen LogP contribution >= 0.6 is 0 Å². The highest BCUT2D eigenvalue weighted by Gasteiger charge is 2.37. The number of imidazole rings is 1. The largest absolute Gasteiger partial charge is 0.364 e. The van der Waals surface area contributed by atoms with Crippen molar-refractivity contribution < 1.29 is 18.9 Å². The van der Waals surface area contributed by atoms with Crippen LogP contribution in [0.5, 0.6) is 0 Å². The standard InChI is InChI=1S/C31H34N6O4/c1-19(30-33-18-23(35-30)16-21-10-5-3-6-11-21)34-31(40)24(27-20(2)41-36-28(27)29(32)39)17-26(38)37-15-9-14-25(37)22-12-7-4-8-13-22/h3-8,10-13,18-19,24-25H,9,14-17H2,1-2H3,(H2,32,39)(H,33,35)(H,34,40)/t19-,24-,25+/m0/s1. The number of hydrogen-bond donors (Lipinski definition) is 3. The first-order chi connectivity index (χ1) is 19.8. The van der Waals surface area contributed by atoms with Crippen LogP contribution in [0.2, 0.25) is 0 Å². The summed E-state index contributed by atoms with van der Waals surface area (Å²) >= 11 is 0. The van der Waals surface area contributed by atoms with Crippen molar-refractivity contribution >= 4 is 17.7 Å². The number of aromatic amines is 1. The first-order valence-corrected chi connectivity index (χ1v) is 13.8. The maximum Gasteiger partial charge on any atom is 0.271 e. The molecule has 0 aliphatic carbocycles. The van der Waals surface area contributed by atoms with Gasteiger partial charge in [-0.05, 0) is 37.8 Å². The molecule has 3 heterocycles. The van der Waals surface area contributed by atoms with Gasteiger partial charge in [0, 0.05) is 36.8 Å². The zero-order valence-electron chi connectivity index (χ0n) is 23.2. The van der Waals surface area contributed by atoms with Gasteiger partial charge in [0.15, 0.2) is 5.69 Å². The molecule has 4 N–H and O–H groups in total. The summed E-state index contributed by atoms with van der Waals surface area (Å²) in [4.78, 5) is 49.3. The zero-order valence-corrected chi connectivity index (χ0v) is 23.2. The van der Waals surface area contributed by atoms with Crippen molar-refractivity contribution in [1.82, 2.24) is 25.3 Å². The van der Waals surface area contributed by atoms with E-state index in [0.29, 0.717) is 18.8 Å². The quantitative estimate of drug-likeness (QED) is 0.269. The van der Waals surface area contributed by atoms with E-state index in [9.17, 15) is 14.4 Å². The summed E-state index contributed by atoms with van der Waals surface area (Å²) in [5.74, 6) is -1.65. The average Bonchev–Trinajstić information content (AvgIpc) is 3.73. The number of benzene rings is 2. The number of aromatic nitrogens is 3. The number of hydrogen-bond acceptors (Lipinski definition) is 6. The van der Waals surface area contributed by atoms with Gasteiger partial charge in [0.1, 0.15) is 11.6 Å². The van der Waals surface area contributed by atoms with Crippen molar-refractivity contribution in [2.24, 2.45) is 5.73 Å². The first kappa shape index (κ1) is 27.8. The molecule has 1 saturated heterocycles. The Morgan fingerprint density at radius 2 is 1.83 bits per heavy atom. The third-order valence-corrected chi connectivity index (χ3v) is 7.60. The molecule has 212 valence electrons. The van der Waals surface area contributed by atoms with E-state index in [0.717, 1.165) is 29.7 Å². The predicted octanol–water partition coefficient (Wildman–Crippen LogP) is 4.11. The van der Waals surface area contributed by atoms with Crippen LogP contribution in [0.25, 0.3) is 0 Å². The normalized spacial score (nSPS) is 16.3. The molecular weight excluding hydrogens is 520 g/mol. The lowest BCUT2D eigenvalue weighted by Gasteiger charge is -2.27. The van der Waals surface area contributed by atoms with Crippen molar-refractivity contribution in [2.45, 2.75) is 57.5 Å². The Labute approximate surface area is 238 Å². The molecular formula is C31H34N6O4. The fraction of sp³-hybridized carbons (Fsp3) is 0.323. The molecule has 0 unspecified atom stereocenters. The van der Waals surface area contributed by atoms with Gasteiger partial charge in [-0.2, -0.15) is 0 Å². The summed E-state index contributed by atoms with van der Waals surface area (Å²) in [6.07, 6.45) is 3.96. The second-order valence-electron chi connectivity index (χ2n) is 10.5. The van der Waals surface area contributed by atoms with Gasteiger partial charge < -0.3 is 25.5 Å². The Bertz CT molecular complexity index is 1510. The molecule has 2 aromatic carbocycles. The fourth-order valence-corrected chi connectivity index (χ4v) is 5.56. The van der Waals surface area contributed by atoms with Gasteiger partial charge in [-0.15, -0.1) is 0 Å².